The van der Waals surface area contributed by atoms with Gasteiger partial charge in [0.1, 0.15) is 0 Å². The zero-order chi connectivity index (χ0) is 13.9. The first-order valence-corrected chi connectivity index (χ1v) is 6.16. The highest BCUT2D eigenvalue weighted by Gasteiger charge is 2.35. The Balaban J connectivity index is 3.35. The van der Waals surface area contributed by atoms with Crippen LogP contribution < -0.4 is 4.90 Å². The third kappa shape index (κ3) is 3.18. The average Bonchev–Trinajstić information content (AvgIpc) is 2.27. The van der Waals surface area contributed by atoms with Crippen LogP contribution in [-0.2, 0) is 6.18 Å². The Kier molecular flexibility index (Phi) is 4.65. The first kappa shape index (κ1) is 14.9. The van der Waals surface area contributed by atoms with E-state index in [4.69, 9.17) is 0 Å². The molecule has 0 aliphatic heterocycles. The summed E-state index contributed by atoms with van der Waals surface area (Å²) in [5.74, 6) is 0.134. The molecular formula is C14H20F3N. The van der Waals surface area contributed by atoms with E-state index >= 15 is 0 Å². The predicted octanol–water partition coefficient (Wildman–Crippen LogP) is 4.68. The maximum atomic E-state index is 13.0. The third-order valence-corrected chi connectivity index (χ3v) is 3.07. The molecule has 1 unspecified atom stereocenters. The van der Waals surface area contributed by atoms with Gasteiger partial charge in [-0.05, 0) is 24.0 Å². The summed E-state index contributed by atoms with van der Waals surface area (Å²) < 4.78 is 39.0. The molecule has 4 heteroatoms. The second-order valence-electron chi connectivity index (χ2n) is 4.83. The van der Waals surface area contributed by atoms with E-state index in [1.54, 1.807) is 25.1 Å². The molecule has 1 rings (SSSR count). The maximum absolute atomic E-state index is 13.0. The summed E-state index contributed by atoms with van der Waals surface area (Å²) in [5, 5.41) is 0. The number of halogens is 3. The topological polar surface area (TPSA) is 3.24 Å². The van der Waals surface area contributed by atoms with Gasteiger partial charge < -0.3 is 4.90 Å². The van der Waals surface area contributed by atoms with Gasteiger partial charge in [-0.1, -0.05) is 32.4 Å². The summed E-state index contributed by atoms with van der Waals surface area (Å²) in [7, 11) is 3.32. The van der Waals surface area contributed by atoms with Crippen LogP contribution in [0, 0.1) is 0 Å². The van der Waals surface area contributed by atoms with Gasteiger partial charge in [0.25, 0.3) is 0 Å². The number of hydrogen-bond acceptors (Lipinski definition) is 1. The normalized spacial score (nSPS) is 13.5. The first-order valence-electron chi connectivity index (χ1n) is 6.16. The summed E-state index contributed by atoms with van der Waals surface area (Å²) in [6, 6.07) is 4.44. The lowest BCUT2D eigenvalue weighted by Gasteiger charge is -2.25. The van der Waals surface area contributed by atoms with Crippen LogP contribution in [0.25, 0.3) is 0 Å². The number of benzene rings is 1. The van der Waals surface area contributed by atoms with Gasteiger partial charge >= 0.3 is 6.18 Å². The van der Waals surface area contributed by atoms with Crippen molar-refractivity contribution in [2.24, 2.45) is 0 Å². The van der Waals surface area contributed by atoms with Crippen LogP contribution in [0.3, 0.4) is 0 Å². The minimum atomic E-state index is -4.30. The van der Waals surface area contributed by atoms with E-state index in [-0.39, 0.29) is 5.92 Å². The molecule has 1 atom stereocenters. The first-order chi connectivity index (χ1) is 8.29. The average molecular weight is 259 g/mol. The Labute approximate surface area is 107 Å². The SMILES string of the molecule is CCCC(C)c1cccc(C(F)(F)F)c1N(C)C. The van der Waals surface area contributed by atoms with Crippen molar-refractivity contribution in [3.05, 3.63) is 29.3 Å². The van der Waals surface area contributed by atoms with Crippen LogP contribution in [0.15, 0.2) is 18.2 Å². The number of hydrogen-bond donors (Lipinski definition) is 0. The molecule has 0 saturated heterocycles. The van der Waals surface area contributed by atoms with Crippen molar-refractivity contribution in [2.75, 3.05) is 19.0 Å². The minimum absolute atomic E-state index is 0.134. The molecule has 1 aromatic rings. The van der Waals surface area contributed by atoms with Gasteiger partial charge in [0.2, 0.25) is 0 Å². The zero-order valence-electron chi connectivity index (χ0n) is 11.3. The molecular weight excluding hydrogens is 239 g/mol. The molecule has 0 fully saturated rings. The fourth-order valence-electron chi connectivity index (χ4n) is 2.28. The highest BCUT2D eigenvalue weighted by Crippen LogP contribution is 2.40. The lowest BCUT2D eigenvalue weighted by atomic mass is 9.92. The van der Waals surface area contributed by atoms with E-state index in [1.165, 1.54) is 6.07 Å². The molecule has 0 spiro atoms. The second kappa shape index (κ2) is 5.63. The number of anilines is 1. The van der Waals surface area contributed by atoms with Crippen molar-refractivity contribution in [3.63, 3.8) is 0 Å². The number of nitrogens with zero attached hydrogens (tertiary/aromatic N) is 1. The highest BCUT2D eigenvalue weighted by atomic mass is 19.4. The molecule has 1 aromatic carbocycles. The maximum Gasteiger partial charge on any atom is 0.418 e. The Bertz CT molecular complexity index is 397. The van der Waals surface area contributed by atoms with Crippen molar-refractivity contribution in [1.82, 2.24) is 0 Å². The van der Waals surface area contributed by atoms with E-state index in [9.17, 15) is 13.2 Å². The Morgan fingerprint density at radius 3 is 2.28 bits per heavy atom. The Hall–Kier alpha value is -1.19. The summed E-state index contributed by atoms with van der Waals surface area (Å²) in [4.78, 5) is 1.56. The molecule has 0 heterocycles. The Morgan fingerprint density at radius 2 is 1.83 bits per heavy atom. The summed E-state index contributed by atoms with van der Waals surface area (Å²) in [5.41, 5.74) is 0.524. The quantitative estimate of drug-likeness (QED) is 0.759. The van der Waals surface area contributed by atoms with Gasteiger partial charge in [0, 0.05) is 14.1 Å². The molecule has 0 radical (unpaired) electrons. The largest absolute Gasteiger partial charge is 0.418 e. The molecule has 0 aromatic heterocycles. The molecule has 0 saturated carbocycles. The van der Waals surface area contributed by atoms with Crippen molar-refractivity contribution in [1.29, 1.82) is 0 Å². The van der Waals surface area contributed by atoms with Crippen LogP contribution >= 0.6 is 0 Å². The summed E-state index contributed by atoms with van der Waals surface area (Å²) in [6.45, 7) is 4.02. The van der Waals surface area contributed by atoms with Crippen LogP contribution in [-0.4, -0.2) is 14.1 Å². The lowest BCUT2D eigenvalue weighted by Crippen LogP contribution is -2.19. The molecule has 0 amide bonds. The van der Waals surface area contributed by atoms with E-state index in [2.05, 4.69) is 0 Å². The fraction of sp³-hybridized carbons (Fsp3) is 0.571. The predicted molar refractivity (Wildman–Crippen MR) is 69.1 cm³/mol. The molecule has 0 aliphatic rings. The molecule has 0 bridgehead atoms. The molecule has 1 nitrogen and oxygen atoms in total. The van der Waals surface area contributed by atoms with Gasteiger partial charge in [-0.3, -0.25) is 0 Å². The number of rotatable bonds is 4. The smallest absolute Gasteiger partial charge is 0.377 e. The van der Waals surface area contributed by atoms with Gasteiger partial charge in [-0.25, -0.2) is 0 Å². The van der Waals surface area contributed by atoms with Crippen LogP contribution in [0.5, 0.6) is 0 Å². The van der Waals surface area contributed by atoms with Crippen molar-refractivity contribution < 1.29 is 13.2 Å². The van der Waals surface area contributed by atoms with Crippen LogP contribution in [0.4, 0.5) is 18.9 Å². The molecule has 18 heavy (non-hydrogen) atoms. The zero-order valence-corrected chi connectivity index (χ0v) is 11.3. The van der Waals surface area contributed by atoms with Crippen molar-refractivity contribution in [2.45, 2.75) is 38.8 Å². The monoisotopic (exact) mass is 259 g/mol. The van der Waals surface area contributed by atoms with Crippen molar-refractivity contribution >= 4 is 5.69 Å². The summed E-state index contributed by atoms with van der Waals surface area (Å²) >= 11 is 0. The number of para-hydroxylation sites is 1. The standard InChI is InChI=1S/C14H20F3N/c1-5-7-10(2)11-8-6-9-12(14(15,16)17)13(11)18(3)4/h6,8-10H,5,7H2,1-4H3. The van der Waals surface area contributed by atoms with Gasteiger partial charge in [0.05, 0.1) is 11.3 Å². The second-order valence-corrected chi connectivity index (χ2v) is 4.83. The third-order valence-electron chi connectivity index (χ3n) is 3.07. The molecule has 0 N–H and O–H groups in total. The van der Waals surface area contributed by atoms with Crippen molar-refractivity contribution in [3.8, 4) is 0 Å². The molecule has 0 aliphatic carbocycles. The minimum Gasteiger partial charge on any atom is -0.377 e. The number of alkyl halides is 3. The van der Waals surface area contributed by atoms with Crippen LogP contribution in [0.2, 0.25) is 0 Å². The van der Waals surface area contributed by atoms with E-state index in [0.717, 1.165) is 24.5 Å². The van der Waals surface area contributed by atoms with Gasteiger partial charge in [-0.15, -0.1) is 0 Å². The van der Waals surface area contributed by atoms with E-state index < -0.39 is 11.7 Å². The lowest BCUT2D eigenvalue weighted by molar-refractivity contribution is -0.137. The van der Waals surface area contributed by atoms with Gasteiger partial charge in [0.15, 0.2) is 0 Å². The van der Waals surface area contributed by atoms with E-state index in [0.29, 0.717) is 5.69 Å². The van der Waals surface area contributed by atoms with Gasteiger partial charge in [-0.2, -0.15) is 13.2 Å². The van der Waals surface area contributed by atoms with E-state index in [1.807, 2.05) is 13.8 Å². The molecule has 102 valence electrons. The highest BCUT2D eigenvalue weighted by molar-refractivity contribution is 5.61. The summed E-state index contributed by atoms with van der Waals surface area (Å²) in [6.07, 6.45) is -2.45. The fourth-order valence-corrected chi connectivity index (χ4v) is 2.28. The Morgan fingerprint density at radius 1 is 1.22 bits per heavy atom. The van der Waals surface area contributed by atoms with Crippen LogP contribution in [0.1, 0.15) is 43.7 Å².